The van der Waals surface area contributed by atoms with Gasteiger partial charge in [0.05, 0.1) is 0 Å². The quantitative estimate of drug-likeness (QED) is 0.852. The highest BCUT2D eigenvalue weighted by molar-refractivity contribution is 5.85. The van der Waals surface area contributed by atoms with Gasteiger partial charge in [0.1, 0.15) is 0 Å². The van der Waals surface area contributed by atoms with E-state index in [2.05, 4.69) is 17.1 Å². The van der Waals surface area contributed by atoms with Crippen molar-refractivity contribution in [2.75, 3.05) is 13.1 Å². The van der Waals surface area contributed by atoms with Crippen molar-refractivity contribution in [2.45, 2.75) is 83.2 Å². The number of unbranched alkanes of at least 4 members (excludes halogenated alkanes) is 1. The summed E-state index contributed by atoms with van der Waals surface area (Å²) in [5, 5.41) is 3.68. The second-order valence-corrected chi connectivity index (χ2v) is 7.57. The molecular weight excluding hydrogens is 296 g/mol. The zero-order chi connectivity index (χ0) is 14.7. The van der Waals surface area contributed by atoms with Crippen molar-refractivity contribution < 1.29 is 4.79 Å². The molecule has 1 amide bonds. The number of nitrogens with zero attached hydrogens (tertiary/aromatic N) is 1. The van der Waals surface area contributed by atoms with E-state index in [1.165, 1.54) is 44.9 Å². The van der Waals surface area contributed by atoms with Crippen LogP contribution in [0.15, 0.2) is 0 Å². The Balaban J connectivity index is 0.00000176. The van der Waals surface area contributed by atoms with Gasteiger partial charge >= 0.3 is 0 Å². The third-order valence-corrected chi connectivity index (χ3v) is 6.00. The van der Waals surface area contributed by atoms with Crippen LogP contribution in [0.3, 0.4) is 0 Å². The average Bonchev–Trinajstić information content (AvgIpc) is 2.84. The molecule has 2 bridgehead atoms. The van der Waals surface area contributed by atoms with Gasteiger partial charge in [0.15, 0.2) is 0 Å². The molecule has 128 valence electrons. The van der Waals surface area contributed by atoms with Crippen molar-refractivity contribution in [3.8, 4) is 0 Å². The largest absolute Gasteiger partial charge is 0.341 e. The topological polar surface area (TPSA) is 32.3 Å². The molecule has 3 aliphatic rings. The molecule has 2 unspecified atom stereocenters. The number of hydrogen-bond acceptors (Lipinski definition) is 2. The minimum atomic E-state index is 0. The van der Waals surface area contributed by atoms with Crippen LogP contribution in [0, 0.1) is 11.8 Å². The van der Waals surface area contributed by atoms with Gasteiger partial charge in [0.25, 0.3) is 0 Å². The number of amides is 1. The number of carbonyl (C=O) groups excluding carboxylic acids is 1. The van der Waals surface area contributed by atoms with Crippen molar-refractivity contribution in [3.63, 3.8) is 0 Å². The maximum absolute atomic E-state index is 12.8. The molecule has 2 saturated heterocycles. The van der Waals surface area contributed by atoms with E-state index >= 15 is 0 Å². The Kier molecular flexibility index (Phi) is 7.01. The molecule has 4 heteroatoms. The molecule has 0 aromatic heterocycles. The lowest BCUT2D eigenvalue weighted by atomic mass is 9.79. The number of fused-ring (bicyclic) bond motifs is 2. The van der Waals surface area contributed by atoms with E-state index in [9.17, 15) is 4.79 Å². The first kappa shape index (κ1) is 18.1. The summed E-state index contributed by atoms with van der Waals surface area (Å²) in [6.07, 6.45) is 12.7. The first-order chi connectivity index (χ1) is 10.3. The van der Waals surface area contributed by atoms with Gasteiger partial charge in [-0.25, -0.2) is 0 Å². The van der Waals surface area contributed by atoms with Crippen LogP contribution < -0.4 is 5.32 Å². The molecule has 22 heavy (non-hydrogen) atoms. The monoisotopic (exact) mass is 328 g/mol. The van der Waals surface area contributed by atoms with Gasteiger partial charge in [-0.1, -0.05) is 26.2 Å². The fourth-order valence-corrected chi connectivity index (χ4v) is 4.59. The molecular formula is C18H33ClN2O. The van der Waals surface area contributed by atoms with Crippen LogP contribution in [-0.4, -0.2) is 36.0 Å². The van der Waals surface area contributed by atoms with Gasteiger partial charge < -0.3 is 10.2 Å². The Labute approximate surface area is 142 Å². The summed E-state index contributed by atoms with van der Waals surface area (Å²) in [5.74, 6) is 1.70. The molecule has 3 nitrogen and oxygen atoms in total. The van der Waals surface area contributed by atoms with Gasteiger partial charge in [0, 0.05) is 31.1 Å². The summed E-state index contributed by atoms with van der Waals surface area (Å²) in [4.78, 5) is 15.0. The average molecular weight is 329 g/mol. The minimum Gasteiger partial charge on any atom is -0.341 e. The Morgan fingerprint density at radius 2 is 1.77 bits per heavy atom. The van der Waals surface area contributed by atoms with Crippen LogP contribution >= 0.6 is 12.4 Å². The number of halogens is 1. The Morgan fingerprint density at radius 3 is 2.50 bits per heavy atom. The molecule has 0 aromatic rings. The van der Waals surface area contributed by atoms with Gasteiger partial charge in [-0.05, 0) is 50.9 Å². The van der Waals surface area contributed by atoms with Gasteiger partial charge in [0.2, 0.25) is 5.91 Å². The van der Waals surface area contributed by atoms with E-state index in [1.807, 2.05) is 0 Å². The lowest BCUT2D eigenvalue weighted by Crippen LogP contribution is -2.42. The molecule has 1 saturated carbocycles. The normalized spacial score (nSPS) is 34.9. The van der Waals surface area contributed by atoms with Crippen LogP contribution in [0.2, 0.25) is 0 Å². The second-order valence-electron chi connectivity index (χ2n) is 7.57. The fraction of sp³-hybridized carbons (Fsp3) is 0.944. The number of likely N-dealkylation sites (tertiary alicyclic amines) is 1. The predicted molar refractivity (Wildman–Crippen MR) is 93.4 cm³/mol. The molecule has 2 atom stereocenters. The van der Waals surface area contributed by atoms with Crippen LogP contribution in [-0.2, 0) is 4.79 Å². The minimum absolute atomic E-state index is 0. The number of hydrogen-bond donors (Lipinski definition) is 1. The lowest BCUT2D eigenvalue weighted by molar-refractivity contribution is -0.137. The summed E-state index contributed by atoms with van der Waals surface area (Å²) in [6, 6.07) is 1.25. The molecule has 0 spiro atoms. The molecule has 1 aliphatic carbocycles. The van der Waals surface area contributed by atoms with Crippen LogP contribution in [0.4, 0.5) is 0 Å². The molecule has 2 aliphatic heterocycles. The molecule has 2 heterocycles. The van der Waals surface area contributed by atoms with Crippen molar-refractivity contribution in [2.24, 2.45) is 11.8 Å². The Morgan fingerprint density at radius 1 is 1.05 bits per heavy atom. The van der Waals surface area contributed by atoms with Crippen molar-refractivity contribution in [1.82, 2.24) is 10.2 Å². The number of rotatable bonds is 4. The van der Waals surface area contributed by atoms with Crippen molar-refractivity contribution >= 4 is 18.3 Å². The molecule has 1 N–H and O–H groups in total. The SMILES string of the molecule is CCCCC1CCC(C(=O)N2CCC3CCC(C2)N3)CC1.Cl. The summed E-state index contributed by atoms with van der Waals surface area (Å²) in [7, 11) is 0. The van der Waals surface area contributed by atoms with E-state index < -0.39 is 0 Å². The first-order valence-corrected chi connectivity index (χ1v) is 9.31. The number of nitrogens with one attached hydrogen (secondary N) is 1. The maximum atomic E-state index is 12.8. The lowest BCUT2D eigenvalue weighted by Gasteiger charge is -2.33. The van der Waals surface area contributed by atoms with Gasteiger partial charge in [-0.15, -0.1) is 12.4 Å². The highest BCUT2D eigenvalue weighted by Gasteiger charge is 2.34. The Hall–Kier alpha value is -0.280. The van der Waals surface area contributed by atoms with E-state index in [0.29, 0.717) is 23.9 Å². The van der Waals surface area contributed by atoms with E-state index in [1.54, 1.807) is 0 Å². The van der Waals surface area contributed by atoms with Crippen LogP contribution in [0.25, 0.3) is 0 Å². The fourth-order valence-electron chi connectivity index (χ4n) is 4.59. The van der Waals surface area contributed by atoms with E-state index in [4.69, 9.17) is 0 Å². The summed E-state index contributed by atoms with van der Waals surface area (Å²) >= 11 is 0. The zero-order valence-electron chi connectivity index (χ0n) is 14.1. The smallest absolute Gasteiger partial charge is 0.225 e. The molecule has 3 fully saturated rings. The third-order valence-electron chi connectivity index (χ3n) is 6.00. The summed E-state index contributed by atoms with van der Waals surface area (Å²) in [6.45, 7) is 4.23. The molecule has 3 rings (SSSR count). The van der Waals surface area contributed by atoms with Crippen LogP contribution in [0.5, 0.6) is 0 Å². The third kappa shape index (κ3) is 4.38. The standard InChI is InChI=1S/C18H32N2O.ClH/c1-2-3-4-14-5-7-15(8-6-14)18(21)20-12-11-16-9-10-17(13-20)19-16;/h14-17,19H,2-13H2,1H3;1H. The van der Waals surface area contributed by atoms with E-state index in [-0.39, 0.29) is 12.4 Å². The Bertz CT molecular complexity index is 355. The van der Waals surface area contributed by atoms with Crippen molar-refractivity contribution in [1.29, 1.82) is 0 Å². The van der Waals surface area contributed by atoms with Gasteiger partial charge in [-0.3, -0.25) is 4.79 Å². The highest BCUT2D eigenvalue weighted by Crippen LogP contribution is 2.33. The molecule has 0 radical (unpaired) electrons. The van der Waals surface area contributed by atoms with Gasteiger partial charge in [-0.2, -0.15) is 0 Å². The predicted octanol–water partition coefficient (Wildman–Crippen LogP) is 3.76. The van der Waals surface area contributed by atoms with Crippen LogP contribution in [0.1, 0.15) is 71.1 Å². The van der Waals surface area contributed by atoms with E-state index in [0.717, 1.165) is 38.3 Å². The molecule has 0 aromatic carbocycles. The summed E-state index contributed by atoms with van der Waals surface area (Å²) < 4.78 is 0. The second kappa shape index (κ2) is 8.54. The highest BCUT2D eigenvalue weighted by atomic mass is 35.5. The number of carbonyl (C=O) groups is 1. The van der Waals surface area contributed by atoms with Crippen molar-refractivity contribution in [3.05, 3.63) is 0 Å². The summed E-state index contributed by atoms with van der Waals surface area (Å²) in [5.41, 5.74) is 0. The zero-order valence-corrected chi connectivity index (χ0v) is 14.9. The maximum Gasteiger partial charge on any atom is 0.225 e. The first-order valence-electron chi connectivity index (χ1n) is 9.31.